The lowest BCUT2D eigenvalue weighted by Crippen LogP contribution is -2.44. The molecule has 5 rings (SSSR count). The van der Waals surface area contributed by atoms with Gasteiger partial charge in [0.15, 0.2) is 11.6 Å². The van der Waals surface area contributed by atoms with Gasteiger partial charge in [0.25, 0.3) is 11.8 Å². The number of amides is 3. The molecule has 0 saturated carbocycles. The van der Waals surface area contributed by atoms with Crippen molar-refractivity contribution in [2.24, 2.45) is 0 Å². The topological polar surface area (TPSA) is 127 Å². The molecule has 3 aromatic carbocycles. The first kappa shape index (κ1) is 37.5. The fourth-order valence-corrected chi connectivity index (χ4v) is 6.18. The number of rotatable bonds is 13. The fraction of sp³-hybridized carbons (Fsp3) is 0.341. The van der Waals surface area contributed by atoms with Crippen LogP contribution in [0.5, 0.6) is 5.75 Å². The Morgan fingerprint density at radius 1 is 0.923 bits per heavy atom. The van der Waals surface area contributed by atoms with Crippen LogP contribution in [0.15, 0.2) is 97.2 Å². The number of aromatic nitrogens is 1. The van der Waals surface area contributed by atoms with Gasteiger partial charge in [0.1, 0.15) is 11.6 Å². The van der Waals surface area contributed by atoms with Crippen LogP contribution in [0.4, 0.5) is 16.3 Å². The van der Waals surface area contributed by atoms with Gasteiger partial charge in [-0.2, -0.15) is 0 Å². The average molecular weight is 707 g/mol. The first-order chi connectivity index (χ1) is 25.0. The molecular weight excluding hydrogens is 660 g/mol. The lowest BCUT2D eigenvalue weighted by atomic mass is 9.95. The number of esters is 1. The highest BCUT2D eigenvalue weighted by molar-refractivity contribution is 6.11. The minimum Gasteiger partial charge on any atom is -0.490 e. The Kier molecular flexibility index (Phi) is 12.3. The Hall–Kier alpha value is -5.71. The monoisotopic (exact) mass is 706 g/mol. The number of benzene rings is 3. The Balaban J connectivity index is 1.37. The third-order valence-electron chi connectivity index (χ3n) is 8.54. The van der Waals surface area contributed by atoms with Gasteiger partial charge in [-0.15, -0.1) is 0 Å². The number of anilines is 2. The lowest BCUT2D eigenvalue weighted by Gasteiger charge is -2.37. The summed E-state index contributed by atoms with van der Waals surface area (Å²) in [7, 11) is 1.68. The predicted molar refractivity (Wildman–Crippen MR) is 198 cm³/mol. The van der Waals surface area contributed by atoms with Gasteiger partial charge in [-0.3, -0.25) is 19.7 Å². The summed E-state index contributed by atoms with van der Waals surface area (Å²) in [5.41, 5.74) is 2.50. The molecule has 1 aliphatic rings. The number of fused-ring (bicyclic) bond motifs is 1. The zero-order chi connectivity index (χ0) is 37.3. The number of likely N-dealkylation sites (N-methyl/N-ethyl adjacent to an activating group) is 1. The summed E-state index contributed by atoms with van der Waals surface area (Å²) in [5.74, 6) is -0.401. The highest BCUT2D eigenvalue weighted by atomic mass is 16.6. The first-order valence-electron chi connectivity index (χ1n) is 17.5. The molecule has 2 atom stereocenters. The van der Waals surface area contributed by atoms with E-state index in [9.17, 15) is 19.2 Å². The second-order valence-electron chi connectivity index (χ2n) is 13.5. The number of hydrogen-bond acceptors (Lipinski definition) is 8. The largest absolute Gasteiger partial charge is 0.490 e. The van der Waals surface area contributed by atoms with Crippen molar-refractivity contribution in [1.82, 2.24) is 9.88 Å². The molecule has 1 aliphatic heterocycles. The van der Waals surface area contributed by atoms with Crippen LogP contribution in [0.2, 0.25) is 0 Å². The van der Waals surface area contributed by atoms with E-state index in [1.54, 1.807) is 58.0 Å². The van der Waals surface area contributed by atoms with Crippen molar-refractivity contribution >= 4 is 35.4 Å². The zero-order valence-corrected chi connectivity index (χ0v) is 30.3. The normalized spacial score (nSPS) is 15.0. The van der Waals surface area contributed by atoms with Gasteiger partial charge in [0, 0.05) is 13.2 Å². The smallest absolute Gasteiger partial charge is 0.413 e. The standard InChI is InChI=1S/C41H46N4O7/c1-6-50-35(46)27-33(29-17-9-7-10-18-29)45-36(30-19-11-8-12-20-30)39(48)44(5)32-23-22-28(26-31(32)38(45)47)16-13-14-25-51-34-21-15-24-42-37(34)43-40(49)52-41(2,3)4/h7-12,15,17-24,26,33,36H,6,13-14,16,25,27H2,1-5H3,(H,42,43,49). The SMILES string of the molecule is CCOC(=O)CC(c1ccccc1)N1C(=O)c2cc(CCCCOc3cccnc3NC(=O)OC(C)(C)C)ccc2N(C)C(=O)C1c1ccccc1. The maximum absolute atomic E-state index is 14.9. The molecule has 11 heteroatoms. The quantitative estimate of drug-likeness (QED) is 0.111. The molecule has 2 heterocycles. The van der Waals surface area contributed by atoms with Crippen molar-refractivity contribution in [3.05, 3.63) is 119 Å². The van der Waals surface area contributed by atoms with Gasteiger partial charge in [0.05, 0.1) is 36.9 Å². The van der Waals surface area contributed by atoms with Crippen LogP contribution in [0.3, 0.4) is 0 Å². The summed E-state index contributed by atoms with van der Waals surface area (Å²) in [6.07, 6.45) is 2.89. The second-order valence-corrected chi connectivity index (χ2v) is 13.5. The third kappa shape index (κ3) is 9.34. The number of unbranched alkanes of at least 4 members (excludes halogenated alkanes) is 1. The molecule has 0 radical (unpaired) electrons. The minimum absolute atomic E-state index is 0.120. The van der Waals surface area contributed by atoms with Crippen LogP contribution in [0.25, 0.3) is 0 Å². The number of nitrogens with zero attached hydrogens (tertiary/aromatic N) is 3. The Morgan fingerprint density at radius 2 is 1.63 bits per heavy atom. The molecule has 0 spiro atoms. The van der Waals surface area contributed by atoms with Crippen molar-refractivity contribution < 1.29 is 33.4 Å². The van der Waals surface area contributed by atoms with Crippen LogP contribution < -0.4 is 15.0 Å². The van der Waals surface area contributed by atoms with Gasteiger partial charge in [0.2, 0.25) is 0 Å². The molecule has 1 N–H and O–H groups in total. The molecule has 0 fully saturated rings. The summed E-state index contributed by atoms with van der Waals surface area (Å²) >= 11 is 0. The molecule has 2 unspecified atom stereocenters. The van der Waals surface area contributed by atoms with Crippen molar-refractivity contribution in [2.75, 3.05) is 30.5 Å². The maximum Gasteiger partial charge on any atom is 0.413 e. The molecule has 11 nitrogen and oxygen atoms in total. The predicted octanol–water partition coefficient (Wildman–Crippen LogP) is 7.68. The number of carbonyl (C=O) groups is 4. The number of hydrogen-bond donors (Lipinski definition) is 1. The van der Waals surface area contributed by atoms with Crippen molar-refractivity contribution in [2.45, 2.75) is 71.1 Å². The van der Waals surface area contributed by atoms with E-state index in [-0.39, 0.29) is 30.7 Å². The van der Waals surface area contributed by atoms with E-state index in [4.69, 9.17) is 14.2 Å². The van der Waals surface area contributed by atoms with Crippen LogP contribution in [-0.2, 0) is 25.5 Å². The number of aryl methyl sites for hydroxylation is 1. The summed E-state index contributed by atoms with van der Waals surface area (Å²) in [4.78, 5) is 61.9. The van der Waals surface area contributed by atoms with E-state index in [1.807, 2.05) is 78.9 Å². The van der Waals surface area contributed by atoms with Crippen LogP contribution in [0.1, 0.15) is 86.1 Å². The molecule has 272 valence electrons. The Morgan fingerprint density at radius 3 is 2.33 bits per heavy atom. The van der Waals surface area contributed by atoms with Crippen molar-refractivity contribution in [3.8, 4) is 5.75 Å². The van der Waals surface area contributed by atoms with E-state index in [0.717, 1.165) is 17.5 Å². The first-order valence-corrected chi connectivity index (χ1v) is 17.5. The van der Waals surface area contributed by atoms with Crippen LogP contribution >= 0.6 is 0 Å². The van der Waals surface area contributed by atoms with E-state index in [2.05, 4.69) is 10.3 Å². The molecule has 0 bridgehead atoms. The molecule has 0 saturated heterocycles. The zero-order valence-electron chi connectivity index (χ0n) is 30.3. The lowest BCUT2D eigenvalue weighted by molar-refractivity contribution is -0.145. The van der Waals surface area contributed by atoms with Crippen molar-refractivity contribution in [3.63, 3.8) is 0 Å². The van der Waals surface area contributed by atoms with Crippen LogP contribution in [0, 0.1) is 0 Å². The highest BCUT2D eigenvalue weighted by Crippen LogP contribution is 2.41. The number of ether oxygens (including phenoxy) is 3. The highest BCUT2D eigenvalue weighted by Gasteiger charge is 2.43. The van der Waals surface area contributed by atoms with E-state index >= 15 is 0 Å². The molecular formula is C41H46N4O7. The van der Waals surface area contributed by atoms with Gasteiger partial charge >= 0.3 is 12.1 Å². The summed E-state index contributed by atoms with van der Waals surface area (Å²) in [6, 6.07) is 25.8. The summed E-state index contributed by atoms with van der Waals surface area (Å²) in [6.45, 7) is 7.65. The second kappa shape index (κ2) is 17.0. The number of pyridine rings is 1. The van der Waals surface area contributed by atoms with E-state index in [1.165, 1.54) is 4.90 Å². The third-order valence-corrected chi connectivity index (χ3v) is 8.54. The van der Waals surface area contributed by atoms with Gasteiger partial charge < -0.3 is 24.0 Å². The number of nitrogens with one attached hydrogen (secondary N) is 1. The van der Waals surface area contributed by atoms with Gasteiger partial charge in [-0.05, 0) is 87.9 Å². The average Bonchev–Trinajstić information content (AvgIpc) is 3.20. The molecule has 3 amide bonds. The molecule has 4 aromatic rings. The van der Waals surface area contributed by atoms with Gasteiger partial charge in [-0.1, -0.05) is 66.7 Å². The minimum atomic E-state index is -0.992. The van der Waals surface area contributed by atoms with E-state index in [0.29, 0.717) is 42.0 Å². The van der Waals surface area contributed by atoms with E-state index < -0.39 is 29.7 Å². The molecule has 0 aliphatic carbocycles. The number of carbonyl (C=O) groups excluding carboxylic acids is 4. The molecule has 1 aromatic heterocycles. The summed E-state index contributed by atoms with van der Waals surface area (Å²) < 4.78 is 16.7. The maximum atomic E-state index is 14.9. The van der Waals surface area contributed by atoms with Gasteiger partial charge in [-0.25, -0.2) is 9.78 Å². The summed E-state index contributed by atoms with van der Waals surface area (Å²) in [5, 5.41) is 2.64. The molecule has 52 heavy (non-hydrogen) atoms. The van der Waals surface area contributed by atoms with Crippen LogP contribution in [-0.4, -0.2) is 59.6 Å². The fourth-order valence-electron chi connectivity index (χ4n) is 6.18. The van der Waals surface area contributed by atoms with Crippen molar-refractivity contribution in [1.29, 1.82) is 0 Å². The Bertz CT molecular complexity index is 1860. The Labute approximate surface area is 304 Å².